The molecule has 0 amide bonds. The van der Waals surface area contributed by atoms with Crippen molar-refractivity contribution >= 4 is 56.2 Å². The summed E-state index contributed by atoms with van der Waals surface area (Å²) in [6, 6.07) is 13.7. The minimum Gasteiger partial charge on any atom is -0.332 e. The monoisotopic (exact) mass is 434 g/mol. The number of nitrogens with one attached hydrogen (secondary N) is 2. The second kappa shape index (κ2) is 7.99. The van der Waals surface area contributed by atoms with Crippen LogP contribution >= 0.6 is 39.7 Å². The molecule has 25 heavy (non-hydrogen) atoms. The summed E-state index contributed by atoms with van der Waals surface area (Å²) in [5.74, 6) is 0. The third-order valence-electron chi connectivity index (χ3n) is 3.58. The average molecular weight is 436 g/mol. The van der Waals surface area contributed by atoms with Crippen LogP contribution in [0.2, 0.25) is 5.02 Å². The van der Waals surface area contributed by atoms with Gasteiger partial charge in [-0.2, -0.15) is 5.10 Å². The molecule has 0 spiro atoms. The fourth-order valence-electron chi connectivity index (χ4n) is 2.37. The van der Waals surface area contributed by atoms with Gasteiger partial charge in [-0.25, -0.2) is 0 Å². The van der Waals surface area contributed by atoms with Gasteiger partial charge < -0.3 is 10.6 Å². The van der Waals surface area contributed by atoms with E-state index < -0.39 is 0 Å². The van der Waals surface area contributed by atoms with Gasteiger partial charge in [-0.05, 0) is 70.5 Å². The van der Waals surface area contributed by atoms with Crippen LogP contribution in [0.1, 0.15) is 11.1 Å². The van der Waals surface area contributed by atoms with E-state index in [0.717, 1.165) is 27.0 Å². The fourth-order valence-corrected chi connectivity index (χ4v) is 3.10. The highest BCUT2D eigenvalue weighted by atomic mass is 79.9. The predicted octanol–water partition coefficient (Wildman–Crippen LogP) is 5.46. The summed E-state index contributed by atoms with van der Waals surface area (Å²) >= 11 is 14.9. The highest BCUT2D eigenvalue weighted by Gasteiger charge is 2.04. The molecular formula is C18H16BrClN4S. The Bertz CT molecular complexity index is 910. The summed E-state index contributed by atoms with van der Waals surface area (Å²) in [4.78, 5) is 0. The van der Waals surface area contributed by atoms with E-state index in [0.29, 0.717) is 16.7 Å². The first-order valence-electron chi connectivity index (χ1n) is 7.61. The molecule has 2 aromatic carbocycles. The van der Waals surface area contributed by atoms with E-state index in [1.165, 1.54) is 0 Å². The number of benzene rings is 2. The van der Waals surface area contributed by atoms with E-state index in [1.807, 2.05) is 54.2 Å². The van der Waals surface area contributed by atoms with Gasteiger partial charge in [0, 0.05) is 22.6 Å². The van der Waals surface area contributed by atoms with Crippen LogP contribution in [-0.4, -0.2) is 14.9 Å². The van der Waals surface area contributed by atoms with Crippen molar-refractivity contribution in [3.8, 4) is 0 Å². The smallest absolute Gasteiger partial charge is 0.175 e. The average Bonchev–Trinajstić information content (AvgIpc) is 2.96. The summed E-state index contributed by atoms with van der Waals surface area (Å²) < 4.78 is 2.83. The molecule has 0 saturated carbocycles. The number of nitrogens with zero attached hydrogens (tertiary/aromatic N) is 2. The first kappa shape index (κ1) is 17.9. The van der Waals surface area contributed by atoms with Gasteiger partial charge in [0.25, 0.3) is 0 Å². The van der Waals surface area contributed by atoms with Crippen LogP contribution in [-0.2, 0) is 6.54 Å². The first-order valence-corrected chi connectivity index (χ1v) is 9.18. The topological polar surface area (TPSA) is 41.9 Å². The maximum absolute atomic E-state index is 6.04. The minimum absolute atomic E-state index is 0.518. The third-order valence-corrected chi connectivity index (χ3v) is 4.43. The van der Waals surface area contributed by atoms with Gasteiger partial charge in [0.2, 0.25) is 0 Å². The highest BCUT2D eigenvalue weighted by Crippen LogP contribution is 2.21. The van der Waals surface area contributed by atoms with Crippen LogP contribution in [0.25, 0.3) is 0 Å². The Morgan fingerprint density at radius 3 is 2.84 bits per heavy atom. The summed E-state index contributed by atoms with van der Waals surface area (Å²) in [6.45, 7) is 2.69. The zero-order valence-corrected chi connectivity index (χ0v) is 16.6. The van der Waals surface area contributed by atoms with Gasteiger partial charge in [0.15, 0.2) is 5.11 Å². The van der Waals surface area contributed by atoms with Crippen molar-refractivity contribution in [3.63, 3.8) is 0 Å². The Labute approximate surface area is 165 Å². The molecule has 0 saturated heterocycles. The molecule has 4 nitrogen and oxygen atoms in total. The van der Waals surface area contributed by atoms with Crippen molar-refractivity contribution in [2.24, 2.45) is 0 Å². The SMILES string of the molecule is Cc1ccc(Cl)cc1NC(=S)Nc1cccc(Cn2cc(Br)cn2)c1. The molecule has 0 aliphatic carbocycles. The normalized spacial score (nSPS) is 10.5. The molecule has 0 unspecified atom stereocenters. The lowest BCUT2D eigenvalue weighted by atomic mass is 10.2. The van der Waals surface area contributed by atoms with Crippen molar-refractivity contribution in [1.82, 2.24) is 9.78 Å². The maximum atomic E-state index is 6.04. The second-order valence-corrected chi connectivity index (χ2v) is 7.36. The van der Waals surface area contributed by atoms with Gasteiger partial charge in [0.05, 0.1) is 17.2 Å². The fraction of sp³-hybridized carbons (Fsp3) is 0.111. The number of aryl methyl sites for hydroxylation is 1. The van der Waals surface area contributed by atoms with Crippen molar-refractivity contribution in [3.05, 3.63) is 75.5 Å². The number of aromatic nitrogens is 2. The zero-order valence-electron chi connectivity index (χ0n) is 13.5. The molecule has 1 heterocycles. The number of anilines is 2. The standard InChI is InChI=1S/C18H16BrClN4S/c1-12-5-6-15(20)8-17(12)23-18(25)22-16-4-2-3-13(7-16)10-24-11-14(19)9-21-24/h2-9,11H,10H2,1H3,(H2,22,23,25). The van der Waals surface area contributed by atoms with E-state index in [2.05, 4.69) is 37.7 Å². The van der Waals surface area contributed by atoms with E-state index >= 15 is 0 Å². The molecule has 7 heteroatoms. The van der Waals surface area contributed by atoms with Crippen molar-refractivity contribution in [1.29, 1.82) is 0 Å². The van der Waals surface area contributed by atoms with Crippen LogP contribution in [0, 0.1) is 6.92 Å². The Balaban J connectivity index is 1.67. The third kappa shape index (κ3) is 5.04. The number of thiocarbonyl (C=S) groups is 1. The lowest BCUT2D eigenvalue weighted by Gasteiger charge is -2.13. The minimum atomic E-state index is 0.518. The Morgan fingerprint density at radius 1 is 1.24 bits per heavy atom. The molecule has 2 N–H and O–H groups in total. The molecule has 0 radical (unpaired) electrons. The van der Waals surface area contributed by atoms with Crippen molar-refractivity contribution in [2.45, 2.75) is 13.5 Å². The van der Waals surface area contributed by atoms with Crippen LogP contribution in [0.5, 0.6) is 0 Å². The molecule has 128 valence electrons. The molecular weight excluding hydrogens is 420 g/mol. The number of hydrogen-bond donors (Lipinski definition) is 2. The Hall–Kier alpha value is -1.89. The highest BCUT2D eigenvalue weighted by molar-refractivity contribution is 9.10. The molecule has 0 aliphatic rings. The summed E-state index contributed by atoms with van der Waals surface area (Å²) in [5, 5.41) is 11.9. The molecule has 0 fully saturated rings. The van der Waals surface area contributed by atoms with Gasteiger partial charge in [-0.1, -0.05) is 29.8 Å². The Kier molecular flexibility index (Phi) is 5.73. The first-order chi connectivity index (χ1) is 12.0. The number of hydrogen-bond acceptors (Lipinski definition) is 2. The second-order valence-electron chi connectivity index (χ2n) is 5.59. The van der Waals surface area contributed by atoms with E-state index in [-0.39, 0.29) is 0 Å². The lowest BCUT2D eigenvalue weighted by molar-refractivity contribution is 0.687. The largest absolute Gasteiger partial charge is 0.332 e. The van der Waals surface area contributed by atoms with Crippen LogP contribution in [0.4, 0.5) is 11.4 Å². The molecule has 1 aromatic heterocycles. The van der Waals surface area contributed by atoms with Crippen LogP contribution in [0.15, 0.2) is 59.3 Å². The van der Waals surface area contributed by atoms with E-state index in [1.54, 1.807) is 6.20 Å². The molecule has 3 aromatic rings. The molecule has 0 atom stereocenters. The van der Waals surface area contributed by atoms with Gasteiger partial charge in [0.1, 0.15) is 0 Å². The lowest BCUT2D eigenvalue weighted by Crippen LogP contribution is -2.19. The van der Waals surface area contributed by atoms with Gasteiger partial charge in [-0.3, -0.25) is 4.68 Å². The summed E-state index contributed by atoms with van der Waals surface area (Å²) in [5.41, 5.74) is 4.01. The van der Waals surface area contributed by atoms with Crippen LogP contribution < -0.4 is 10.6 Å². The zero-order chi connectivity index (χ0) is 17.8. The molecule has 0 bridgehead atoms. The number of rotatable bonds is 4. The Morgan fingerprint density at radius 2 is 2.08 bits per heavy atom. The summed E-state index contributed by atoms with van der Waals surface area (Å²) in [7, 11) is 0. The molecule has 3 rings (SSSR count). The van der Waals surface area contributed by atoms with Gasteiger partial charge >= 0.3 is 0 Å². The number of halogens is 2. The van der Waals surface area contributed by atoms with Crippen molar-refractivity contribution < 1.29 is 0 Å². The molecule has 0 aliphatic heterocycles. The summed E-state index contributed by atoms with van der Waals surface area (Å²) in [6.07, 6.45) is 3.71. The van der Waals surface area contributed by atoms with Gasteiger partial charge in [-0.15, -0.1) is 0 Å². The predicted molar refractivity (Wildman–Crippen MR) is 112 cm³/mol. The van der Waals surface area contributed by atoms with Crippen molar-refractivity contribution in [2.75, 3.05) is 10.6 Å². The van der Waals surface area contributed by atoms with Crippen LogP contribution in [0.3, 0.4) is 0 Å². The van der Waals surface area contributed by atoms with E-state index in [9.17, 15) is 0 Å². The quantitative estimate of drug-likeness (QED) is 0.534. The maximum Gasteiger partial charge on any atom is 0.175 e. The van der Waals surface area contributed by atoms with E-state index in [4.69, 9.17) is 23.8 Å².